The van der Waals surface area contributed by atoms with Crippen molar-refractivity contribution in [3.05, 3.63) is 11.9 Å². The highest BCUT2D eigenvalue weighted by molar-refractivity contribution is 5.40. The van der Waals surface area contributed by atoms with E-state index in [9.17, 15) is 0 Å². The second kappa shape index (κ2) is 3.61. The molecule has 0 saturated heterocycles. The second-order valence-electron chi connectivity index (χ2n) is 3.10. The molecule has 0 fully saturated rings. The van der Waals surface area contributed by atoms with Gasteiger partial charge in [-0.15, -0.1) is 0 Å². The zero-order chi connectivity index (χ0) is 9.14. The van der Waals surface area contributed by atoms with Gasteiger partial charge in [-0.25, -0.2) is 0 Å². The molecule has 0 saturated carbocycles. The smallest absolute Gasteiger partial charge is 0.0733 e. The number of hydrogen-bond donors (Lipinski definition) is 1. The summed E-state index contributed by atoms with van der Waals surface area (Å²) in [6, 6.07) is 0.456. The summed E-state index contributed by atoms with van der Waals surface area (Å²) < 4.78 is 2.02. The Balaban J connectivity index is 2.98. The van der Waals surface area contributed by atoms with E-state index in [0.29, 0.717) is 6.04 Å². The normalized spacial score (nSPS) is 13.2. The van der Waals surface area contributed by atoms with E-state index in [4.69, 9.17) is 5.73 Å². The molecule has 1 rings (SSSR count). The lowest BCUT2D eigenvalue weighted by Gasteiger charge is -2.12. The summed E-state index contributed by atoms with van der Waals surface area (Å²) in [6.45, 7) is 6.42. The van der Waals surface area contributed by atoms with Crippen LogP contribution in [0.5, 0.6) is 0 Å². The topological polar surface area (TPSA) is 43.8 Å². The molecular formula is C9H17N3. The van der Waals surface area contributed by atoms with Gasteiger partial charge in [0.1, 0.15) is 0 Å². The zero-order valence-corrected chi connectivity index (χ0v) is 8.04. The molecule has 1 aromatic rings. The minimum Gasteiger partial charge on any atom is -0.396 e. The SMILES string of the molecule is CCc1c(N)cnn1C(C)CC. The molecule has 0 aliphatic rings. The Morgan fingerprint density at radius 2 is 2.25 bits per heavy atom. The van der Waals surface area contributed by atoms with Crippen molar-refractivity contribution in [3.63, 3.8) is 0 Å². The van der Waals surface area contributed by atoms with Gasteiger partial charge < -0.3 is 5.73 Å². The largest absolute Gasteiger partial charge is 0.396 e. The van der Waals surface area contributed by atoms with E-state index in [1.54, 1.807) is 6.20 Å². The minimum absolute atomic E-state index is 0.456. The second-order valence-corrected chi connectivity index (χ2v) is 3.10. The van der Waals surface area contributed by atoms with E-state index in [2.05, 4.69) is 25.9 Å². The number of nitrogen functional groups attached to an aromatic ring is 1. The molecule has 1 heterocycles. The lowest BCUT2D eigenvalue weighted by atomic mass is 10.2. The molecular weight excluding hydrogens is 150 g/mol. The Kier molecular flexibility index (Phi) is 2.74. The molecule has 12 heavy (non-hydrogen) atoms. The Hall–Kier alpha value is -0.990. The van der Waals surface area contributed by atoms with E-state index in [1.807, 2.05) is 4.68 Å². The van der Waals surface area contributed by atoms with Crippen LogP contribution in [0.4, 0.5) is 5.69 Å². The molecule has 0 aliphatic heterocycles. The lowest BCUT2D eigenvalue weighted by molar-refractivity contribution is 0.462. The van der Waals surface area contributed by atoms with Gasteiger partial charge in [-0.1, -0.05) is 13.8 Å². The van der Waals surface area contributed by atoms with Crippen molar-refractivity contribution < 1.29 is 0 Å². The van der Waals surface area contributed by atoms with Gasteiger partial charge in [-0.3, -0.25) is 4.68 Å². The van der Waals surface area contributed by atoms with E-state index in [-0.39, 0.29) is 0 Å². The predicted octanol–water partition coefficient (Wildman–Crippen LogP) is 2.00. The Morgan fingerprint density at radius 3 is 2.75 bits per heavy atom. The summed E-state index contributed by atoms with van der Waals surface area (Å²) in [5.41, 5.74) is 7.74. The van der Waals surface area contributed by atoms with Crippen LogP contribution < -0.4 is 5.73 Å². The summed E-state index contributed by atoms with van der Waals surface area (Å²) in [7, 11) is 0. The van der Waals surface area contributed by atoms with E-state index in [0.717, 1.165) is 24.2 Å². The van der Waals surface area contributed by atoms with Crippen molar-refractivity contribution in [2.75, 3.05) is 5.73 Å². The van der Waals surface area contributed by atoms with E-state index in [1.165, 1.54) is 0 Å². The average Bonchev–Trinajstić information content (AvgIpc) is 2.45. The van der Waals surface area contributed by atoms with Gasteiger partial charge >= 0.3 is 0 Å². The van der Waals surface area contributed by atoms with Crippen molar-refractivity contribution in [1.29, 1.82) is 0 Å². The molecule has 1 atom stereocenters. The molecule has 68 valence electrons. The average molecular weight is 167 g/mol. The maximum absolute atomic E-state index is 5.76. The maximum atomic E-state index is 5.76. The number of nitrogens with zero attached hydrogens (tertiary/aromatic N) is 2. The van der Waals surface area contributed by atoms with Crippen LogP contribution in [-0.4, -0.2) is 9.78 Å². The first-order valence-electron chi connectivity index (χ1n) is 4.52. The maximum Gasteiger partial charge on any atom is 0.0733 e. The number of aromatic nitrogens is 2. The molecule has 0 bridgehead atoms. The van der Waals surface area contributed by atoms with Gasteiger partial charge in [0.2, 0.25) is 0 Å². The fourth-order valence-corrected chi connectivity index (χ4v) is 1.32. The van der Waals surface area contributed by atoms with Crippen LogP contribution in [0.3, 0.4) is 0 Å². The van der Waals surface area contributed by atoms with Crippen LogP contribution in [0.15, 0.2) is 6.20 Å². The predicted molar refractivity (Wildman–Crippen MR) is 51.0 cm³/mol. The highest BCUT2D eigenvalue weighted by Crippen LogP contribution is 2.18. The van der Waals surface area contributed by atoms with Gasteiger partial charge in [0.15, 0.2) is 0 Å². The van der Waals surface area contributed by atoms with Crippen LogP contribution in [0.2, 0.25) is 0 Å². The first kappa shape index (κ1) is 9.10. The molecule has 0 radical (unpaired) electrons. The van der Waals surface area contributed by atoms with Crippen molar-refractivity contribution in [2.24, 2.45) is 0 Å². The number of nitrogens with two attached hydrogens (primary N) is 1. The monoisotopic (exact) mass is 167 g/mol. The Bertz CT molecular complexity index is 252. The quantitative estimate of drug-likeness (QED) is 0.748. The third-order valence-corrected chi connectivity index (χ3v) is 2.27. The third kappa shape index (κ3) is 1.44. The molecule has 3 heteroatoms. The van der Waals surface area contributed by atoms with Gasteiger partial charge in [0.25, 0.3) is 0 Å². The van der Waals surface area contributed by atoms with Crippen molar-refractivity contribution in [3.8, 4) is 0 Å². The highest BCUT2D eigenvalue weighted by atomic mass is 15.3. The van der Waals surface area contributed by atoms with Crippen LogP contribution in [0.1, 0.15) is 38.9 Å². The summed E-state index contributed by atoms with van der Waals surface area (Å²) >= 11 is 0. The first-order valence-corrected chi connectivity index (χ1v) is 4.52. The summed E-state index contributed by atoms with van der Waals surface area (Å²) in [4.78, 5) is 0. The van der Waals surface area contributed by atoms with Gasteiger partial charge in [-0.05, 0) is 19.8 Å². The zero-order valence-electron chi connectivity index (χ0n) is 8.04. The molecule has 3 nitrogen and oxygen atoms in total. The van der Waals surface area contributed by atoms with Gasteiger partial charge in [0.05, 0.1) is 17.6 Å². The van der Waals surface area contributed by atoms with E-state index < -0.39 is 0 Å². The molecule has 1 aromatic heterocycles. The Morgan fingerprint density at radius 1 is 1.58 bits per heavy atom. The summed E-state index contributed by atoms with van der Waals surface area (Å²) in [5, 5.41) is 4.25. The molecule has 2 N–H and O–H groups in total. The van der Waals surface area contributed by atoms with Crippen molar-refractivity contribution >= 4 is 5.69 Å². The lowest BCUT2D eigenvalue weighted by Crippen LogP contribution is -2.09. The molecule has 0 aliphatic carbocycles. The van der Waals surface area contributed by atoms with Crippen LogP contribution in [-0.2, 0) is 6.42 Å². The van der Waals surface area contributed by atoms with Gasteiger partial charge in [-0.2, -0.15) is 5.10 Å². The number of hydrogen-bond acceptors (Lipinski definition) is 2. The molecule has 0 aromatic carbocycles. The van der Waals surface area contributed by atoms with E-state index >= 15 is 0 Å². The van der Waals surface area contributed by atoms with Crippen molar-refractivity contribution in [1.82, 2.24) is 9.78 Å². The van der Waals surface area contributed by atoms with Crippen LogP contribution >= 0.6 is 0 Å². The number of rotatable bonds is 3. The number of anilines is 1. The fraction of sp³-hybridized carbons (Fsp3) is 0.667. The third-order valence-electron chi connectivity index (χ3n) is 2.27. The highest BCUT2D eigenvalue weighted by Gasteiger charge is 2.09. The standard InChI is InChI=1S/C9H17N3/c1-4-7(3)12-9(5-2)8(10)6-11-12/h6-7H,4-5,10H2,1-3H3. The van der Waals surface area contributed by atoms with Crippen LogP contribution in [0, 0.1) is 0 Å². The minimum atomic E-state index is 0.456. The molecule has 0 amide bonds. The fourth-order valence-electron chi connectivity index (χ4n) is 1.32. The first-order chi connectivity index (χ1) is 5.70. The van der Waals surface area contributed by atoms with Gasteiger partial charge in [0, 0.05) is 6.04 Å². The molecule has 0 spiro atoms. The van der Waals surface area contributed by atoms with Crippen LogP contribution in [0.25, 0.3) is 0 Å². The van der Waals surface area contributed by atoms with Crippen molar-refractivity contribution in [2.45, 2.75) is 39.7 Å². The molecule has 1 unspecified atom stereocenters. The Labute approximate surface area is 73.6 Å². The summed E-state index contributed by atoms with van der Waals surface area (Å²) in [6.07, 6.45) is 3.79. The summed E-state index contributed by atoms with van der Waals surface area (Å²) in [5.74, 6) is 0.